The molecule has 31 heavy (non-hydrogen) atoms. The van der Waals surface area contributed by atoms with Crippen LogP contribution in [0.25, 0.3) is 0 Å². The smallest absolute Gasteiger partial charge is 0.406 e. The van der Waals surface area contributed by atoms with Crippen LogP contribution < -0.4 is 14.8 Å². The lowest BCUT2D eigenvalue weighted by atomic mass is 10.2. The van der Waals surface area contributed by atoms with Crippen molar-refractivity contribution in [3.8, 4) is 5.75 Å². The monoisotopic (exact) mass is 459 g/mol. The number of alkyl halides is 3. The molecule has 168 valence electrons. The average Bonchev–Trinajstić information content (AvgIpc) is 2.67. The van der Waals surface area contributed by atoms with E-state index in [1.165, 1.54) is 43.4 Å². The van der Waals surface area contributed by atoms with Gasteiger partial charge in [0.15, 0.2) is 0 Å². The van der Waals surface area contributed by atoms with Gasteiger partial charge in [0.25, 0.3) is 5.91 Å². The lowest BCUT2D eigenvalue weighted by Gasteiger charge is -2.17. The summed E-state index contributed by atoms with van der Waals surface area (Å²) in [6, 6.07) is 9.77. The van der Waals surface area contributed by atoms with Crippen LogP contribution in [0.15, 0.2) is 53.4 Å². The van der Waals surface area contributed by atoms with Gasteiger partial charge in [-0.1, -0.05) is 6.92 Å². The molecule has 0 aliphatic rings. The zero-order valence-electron chi connectivity index (χ0n) is 16.6. The Bertz CT molecular complexity index is 1020. The van der Waals surface area contributed by atoms with Crippen LogP contribution in [0.5, 0.6) is 5.75 Å². The zero-order chi connectivity index (χ0) is 23.2. The summed E-state index contributed by atoms with van der Waals surface area (Å²) in [4.78, 5) is 25.7. The third kappa shape index (κ3) is 7.26. The molecule has 0 spiro atoms. The number of likely N-dealkylation sites (N-methyl/N-ethyl adjacent to an activating group) is 1. The molecule has 0 saturated carbocycles. The standard InChI is InChI=1S/C19H20F3N3O5S/c1-3-23-31(28,29)16-10-4-13(5-11-16)18(27)25(2)12-17(26)24-14-6-8-15(9-7-14)30-19(20,21)22/h4-11,23H,3,12H2,1-2H3,(H,24,26). The number of nitrogens with one attached hydrogen (secondary N) is 2. The van der Waals surface area contributed by atoms with Crippen molar-refractivity contribution in [2.45, 2.75) is 18.2 Å². The molecule has 0 bridgehead atoms. The maximum absolute atomic E-state index is 12.5. The number of nitrogens with zero attached hydrogens (tertiary/aromatic N) is 1. The van der Waals surface area contributed by atoms with Crippen molar-refractivity contribution in [1.29, 1.82) is 0 Å². The number of carbonyl (C=O) groups excluding carboxylic acids is 2. The van der Waals surface area contributed by atoms with Gasteiger partial charge in [-0.3, -0.25) is 9.59 Å². The summed E-state index contributed by atoms with van der Waals surface area (Å²) < 4.78 is 66.4. The number of halogens is 3. The van der Waals surface area contributed by atoms with Crippen LogP contribution in [-0.2, 0) is 14.8 Å². The minimum Gasteiger partial charge on any atom is -0.406 e. The molecule has 0 atom stereocenters. The fourth-order valence-corrected chi connectivity index (χ4v) is 3.54. The van der Waals surface area contributed by atoms with E-state index in [1.54, 1.807) is 6.92 Å². The van der Waals surface area contributed by atoms with Crippen LogP contribution >= 0.6 is 0 Å². The van der Waals surface area contributed by atoms with Crippen LogP contribution in [0.1, 0.15) is 17.3 Å². The highest BCUT2D eigenvalue weighted by atomic mass is 32.2. The first-order chi connectivity index (χ1) is 14.4. The molecule has 2 aromatic rings. The largest absolute Gasteiger partial charge is 0.573 e. The number of sulfonamides is 1. The molecule has 0 unspecified atom stereocenters. The number of rotatable bonds is 8. The third-order valence-electron chi connectivity index (χ3n) is 3.85. The van der Waals surface area contributed by atoms with Crippen molar-refractivity contribution in [2.75, 3.05) is 25.5 Å². The van der Waals surface area contributed by atoms with Crippen molar-refractivity contribution in [2.24, 2.45) is 0 Å². The summed E-state index contributed by atoms with van der Waals surface area (Å²) in [5, 5.41) is 2.46. The minimum atomic E-state index is -4.82. The predicted octanol–water partition coefficient (Wildman–Crippen LogP) is 2.59. The molecular formula is C19H20F3N3O5S. The van der Waals surface area contributed by atoms with E-state index >= 15 is 0 Å². The maximum Gasteiger partial charge on any atom is 0.573 e. The number of hydrogen-bond donors (Lipinski definition) is 2. The van der Waals surface area contributed by atoms with Crippen molar-refractivity contribution < 1.29 is 35.9 Å². The quantitative estimate of drug-likeness (QED) is 0.632. The molecule has 12 heteroatoms. The Balaban J connectivity index is 1.95. The molecule has 2 aromatic carbocycles. The molecule has 0 fully saturated rings. The molecule has 2 N–H and O–H groups in total. The Morgan fingerprint density at radius 1 is 1.03 bits per heavy atom. The van der Waals surface area contributed by atoms with Crippen LogP contribution in [0.4, 0.5) is 18.9 Å². The van der Waals surface area contributed by atoms with Gasteiger partial charge < -0.3 is 15.0 Å². The summed E-state index contributed by atoms with van der Waals surface area (Å²) in [5.41, 5.74) is 0.401. The van der Waals surface area contributed by atoms with Gasteiger partial charge in [0, 0.05) is 24.8 Å². The molecule has 0 aromatic heterocycles. The molecule has 2 amide bonds. The van der Waals surface area contributed by atoms with Gasteiger partial charge in [-0.05, 0) is 48.5 Å². The van der Waals surface area contributed by atoms with Gasteiger partial charge in [-0.2, -0.15) is 0 Å². The molecule has 2 rings (SSSR count). The molecule has 0 radical (unpaired) electrons. The predicted molar refractivity (Wildman–Crippen MR) is 106 cm³/mol. The Hall–Kier alpha value is -3.12. The van der Waals surface area contributed by atoms with E-state index in [2.05, 4.69) is 14.8 Å². The summed E-state index contributed by atoms with van der Waals surface area (Å²) in [7, 11) is -2.27. The van der Waals surface area contributed by atoms with Gasteiger partial charge in [0.2, 0.25) is 15.9 Å². The second kappa shape index (κ2) is 9.79. The molecule has 0 aliphatic heterocycles. The molecule has 0 saturated heterocycles. The van der Waals surface area contributed by atoms with E-state index in [-0.39, 0.29) is 29.2 Å². The van der Waals surface area contributed by atoms with Gasteiger partial charge >= 0.3 is 6.36 Å². The highest BCUT2D eigenvalue weighted by molar-refractivity contribution is 7.89. The first-order valence-corrected chi connectivity index (χ1v) is 10.4. The fourth-order valence-electron chi connectivity index (χ4n) is 2.50. The van der Waals surface area contributed by atoms with Gasteiger partial charge in [-0.15, -0.1) is 13.2 Å². The third-order valence-corrected chi connectivity index (χ3v) is 5.41. The summed E-state index contributed by atoms with van der Waals surface area (Å²) in [6.07, 6.45) is -4.82. The van der Waals surface area contributed by atoms with E-state index in [4.69, 9.17) is 0 Å². The van der Waals surface area contributed by atoms with Crippen molar-refractivity contribution in [3.05, 3.63) is 54.1 Å². The second-order valence-electron chi connectivity index (χ2n) is 6.31. The number of benzene rings is 2. The number of ether oxygens (including phenoxy) is 1. The molecule has 0 aliphatic carbocycles. The Kier molecular flexibility index (Phi) is 7.63. The number of hydrogen-bond acceptors (Lipinski definition) is 5. The fraction of sp³-hybridized carbons (Fsp3) is 0.263. The van der Waals surface area contributed by atoms with Gasteiger partial charge in [-0.25, -0.2) is 13.1 Å². The summed E-state index contributed by atoms with van der Waals surface area (Å²) >= 11 is 0. The Morgan fingerprint density at radius 2 is 1.61 bits per heavy atom. The van der Waals surface area contributed by atoms with Crippen molar-refractivity contribution in [1.82, 2.24) is 9.62 Å². The van der Waals surface area contributed by atoms with E-state index in [0.717, 1.165) is 17.0 Å². The second-order valence-corrected chi connectivity index (χ2v) is 8.07. The SMILES string of the molecule is CCNS(=O)(=O)c1ccc(C(=O)N(C)CC(=O)Nc2ccc(OC(F)(F)F)cc2)cc1. The van der Waals surface area contributed by atoms with Crippen LogP contribution in [0.3, 0.4) is 0 Å². The van der Waals surface area contributed by atoms with E-state index in [0.29, 0.717) is 0 Å². The Morgan fingerprint density at radius 3 is 2.13 bits per heavy atom. The van der Waals surface area contributed by atoms with Crippen molar-refractivity contribution >= 4 is 27.5 Å². The Labute approximate surface area is 177 Å². The normalized spacial score (nSPS) is 11.6. The van der Waals surface area contributed by atoms with Gasteiger partial charge in [0.1, 0.15) is 5.75 Å². The lowest BCUT2D eigenvalue weighted by molar-refractivity contribution is -0.274. The molecule has 8 nitrogen and oxygen atoms in total. The van der Waals surface area contributed by atoms with Crippen molar-refractivity contribution in [3.63, 3.8) is 0 Å². The highest BCUT2D eigenvalue weighted by Crippen LogP contribution is 2.24. The highest BCUT2D eigenvalue weighted by Gasteiger charge is 2.31. The zero-order valence-corrected chi connectivity index (χ0v) is 17.4. The van der Waals surface area contributed by atoms with E-state index in [9.17, 15) is 31.2 Å². The number of carbonyl (C=O) groups is 2. The first-order valence-electron chi connectivity index (χ1n) is 8.92. The molecule has 0 heterocycles. The van der Waals surface area contributed by atoms with Crippen LogP contribution in [0.2, 0.25) is 0 Å². The number of amides is 2. The van der Waals surface area contributed by atoms with Crippen LogP contribution in [-0.4, -0.2) is 51.6 Å². The van der Waals surface area contributed by atoms with E-state index < -0.39 is 33.9 Å². The summed E-state index contributed by atoms with van der Waals surface area (Å²) in [5.74, 6) is -1.53. The summed E-state index contributed by atoms with van der Waals surface area (Å²) in [6.45, 7) is 1.52. The lowest BCUT2D eigenvalue weighted by Crippen LogP contribution is -2.35. The first kappa shape index (κ1) is 24.2. The minimum absolute atomic E-state index is 0.00393. The number of anilines is 1. The van der Waals surface area contributed by atoms with Crippen LogP contribution in [0, 0.1) is 0 Å². The van der Waals surface area contributed by atoms with Gasteiger partial charge in [0.05, 0.1) is 11.4 Å². The maximum atomic E-state index is 12.5. The topological polar surface area (TPSA) is 105 Å². The van der Waals surface area contributed by atoms with E-state index in [1.807, 2.05) is 0 Å². The average molecular weight is 459 g/mol. The molecular weight excluding hydrogens is 439 g/mol.